The lowest BCUT2D eigenvalue weighted by atomic mass is 9.98. The fourth-order valence-electron chi connectivity index (χ4n) is 2.29. The van der Waals surface area contributed by atoms with Gasteiger partial charge in [-0.15, -0.1) is 0 Å². The van der Waals surface area contributed by atoms with Gasteiger partial charge >= 0.3 is 10.2 Å². The number of aromatic nitrogens is 1. The third kappa shape index (κ3) is 3.91. The molecule has 112 valence electrons. The lowest BCUT2D eigenvalue weighted by Crippen LogP contribution is -2.43. The minimum Gasteiger partial charge on any atom is -0.319 e. The van der Waals surface area contributed by atoms with Crippen LogP contribution in [0.25, 0.3) is 0 Å². The van der Waals surface area contributed by atoms with Gasteiger partial charge in [-0.05, 0) is 60.4 Å². The maximum Gasteiger partial charge on any atom is 0.302 e. The zero-order valence-electron chi connectivity index (χ0n) is 11.3. The maximum absolute atomic E-state index is 12.3. The van der Waals surface area contributed by atoms with Gasteiger partial charge in [-0.1, -0.05) is 0 Å². The molecule has 0 saturated carbocycles. The van der Waals surface area contributed by atoms with Crippen molar-refractivity contribution in [1.29, 1.82) is 0 Å². The van der Waals surface area contributed by atoms with Gasteiger partial charge in [0, 0.05) is 19.3 Å². The van der Waals surface area contributed by atoms with Crippen molar-refractivity contribution in [2.75, 3.05) is 31.4 Å². The van der Waals surface area contributed by atoms with Gasteiger partial charge in [-0.25, -0.2) is 4.98 Å². The van der Waals surface area contributed by atoms with Gasteiger partial charge in [0.25, 0.3) is 0 Å². The first-order valence-corrected chi connectivity index (χ1v) is 8.79. The highest BCUT2D eigenvalue weighted by atomic mass is 79.9. The molecule has 20 heavy (non-hydrogen) atoms. The maximum atomic E-state index is 12.3. The number of hydrogen-bond acceptors (Lipinski definition) is 4. The summed E-state index contributed by atoms with van der Waals surface area (Å²) in [6, 6.07) is 3.50. The summed E-state index contributed by atoms with van der Waals surface area (Å²) in [7, 11) is -1.61. The highest BCUT2D eigenvalue weighted by Gasteiger charge is 2.28. The molecular formula is C12H19BrN4O2S. The largest absolute Gasteiger partial charge is 0.319 e. The number of halogens is 1. The van der Waals surface area contributed by atoms with E-state index in [2.05, 4.69) is 31.0 Å². The molecule has 0 amide bonds. The van der Waals surface area contributed by atoms with Gasteiger partial charge in [-0.3, -0.25) is 4.72 Å². The van der Waals surface area contributed by atoms with Gasteiger partial charge < -0.3 is 5.32 Å². The number of pyridine rings is 1. The summed E-state index contributed by atoms with van der Waals surface area (Å²) in [6.45, 7) is 2.03. The summed E-state index contributed by atoms with van der Waals surface area (Å²) < 4.78 is 29.3. The Balaban J connectivity index is 2.00. The second kappa shape index (κ2) is 6.84. The molecule has 1 aliphatic rings. The summed E-state index contributed by atoms with van der Waals surface area (Å²) in [5.41, 5.74) is 0. The Morgan fingerprint density at radius 2 is 2.15 bits per heavy atom. The van der Waals surface area contributed by atoms with Gasteiger partial charge in [-0.2, -0.15) is 12.7 Å². The van der Waals surface area contributed by atoms with Crippen LogP contribution in [0.1, 0.15) is 12.8 Å². The quantitative estimate of drug-likeness (QED) is 0.830. The van der Waals surface area contributed by atoms with Gasteiger partial charge in [0.2, 0.25) is 0 Å². The van der Waals surface area contributed by atoms with E-state index in [0.717, 1.165) is 19.4 Å². The fraction of sp³-hybridized carbons (Fsp3) is 0.583. The molecular weight excluding hydrogens is 344 g/mol. The molecule has 6 nitrogen and oxygen atoms in total. The summed E-state index contributed by atoms with van der Waals surface area (Å²) in [6.07, 6.45) is 3.32. The lowest BCUT2D eigenvalue weighted by molar-refractivity contribution is 0.272. The summed E-state index contributed by atoms with van der Waals surface area (Å²) in [4.78, 5) is 4.03. The topological polar surface area (TPSA) is 74.3 Å². The van der Waals surface area contributed by atoms with Crippen LogP contribution in [0.2, 0.25) is 0 Å². The summed E-state index contributed by atoms with van der Waals surface area (Å²) in [5.74, 6) is 0.873. The van der Waals surface area contributed by atoms with Crippen molar-refractivity contribution in [1.82, 2.24) is 14.6 Å². The average molecular weight is 363 g/mol. The van der Waals surface area contributed by atoms with E-state index >= 15 is 0 Å². The van der Waals surface area contributed by atoms with E-state index in [-0.39, 0.29) is 0 Å². The first kappa shape index (κ1) is 15.7. The molecule has 0 aliphatic carbocycles. The second-order valence-corrected chi connectivity index (χ2v) is 7.37. The first-order chi connectivity index (χ1) is 9.53. The van der Waals surface area contributed by atoms with Crippen molar-refractivity contribution in [2.45, 2.75) is 12.8 Å². The third-order valence-electron chi connectivity index (χ3n) is 3.39. The second-order valence-electron chi connectivity index (χ2n) is 4.84. The molecule has 0 aromatic carbocycles. The number of rotatable bonds is 5. The number of nitrogens with one attached hydrogen (secondary N) is 2. The van der Waals surface area contributed by atoms with Crippen molar-refractivity contribution in [2.24, 2.45) is 5.92 Å². The van der Waals surface area contributed by atoms with Gasteiger partial charge in [0.1, 0.15) is 0 Å². The molecule has 0 unspecified atom stereocenters. The summed E-state index contributed by atoms with van der Waals surface area (Å²) >= 11 is 3.29. The lowest BCUT2D eigenvalue weighted by Gasteiger charge is -2.31. The standard InChI is InChI=1S/C12H19BrN4O2S/c1-14-9-10-4-7-17(8-5-10)20(18,19)16-12-11(13)3-2-6-15-12/h2-3,6,10,14H,4-5,7-9H2,1H3,(H,15,16). The van der Waals surface area contributed by atoms with Crippen LogP contribution in [0.4, 0.5) is 5.82 Å². The van der Waals surface area contributed by atoms with Crippen molar-refractivity contribution >= 4 is 32.0 Å². The molecule has 1 aromatic heterocycles. The Bertz CT molecular complexity index is 544. The van der Waals surface area contributed by atoms with E-state index in [1.807, 2.05) is 7.05 Å². The molecule has 0 spiro atoms. The number of hydrogen-bond donors (Lipinski definition) is 2. The molecule has 0 bridgehead atoms. The SMILES string of the molecule is CNCC1CCN(S(=O)(=O)Nc2ncccc2Br)CC1. The van der Waals surface area contributed by atoms with E-state index in [0.29, 0.717) is 29.3 Å². The van der Waals surface area contributed by atoms with E-state index in [1.165, 1.54) is 4.31 Å². The Kier molecular flexibility index (Phi) is 5.36. The van der Waals surface area contributed by atoms with E-state index < -0.39 is 10.2 Å². The van der Waals surface area contributed by atoms with Crippen molar-refractivity contribution in [3.05, 3.63) is 22.8 Å². The number of nitrogens with zero attached hydrogens (tertiary/aromatic N) is 2. The average Bonchev–Trinajstić information content (AvgIpc) is 2.42. The predicted molar refractivity (Wildman–Crippen MR) is 82.7 cm³/mol. The molecule has 2 rings (SSSR count). The Morgan fingerprint density at radius 3 is 2.75 bits per heavy atom. The van der Waals surface area contributed by atoms with E-state index in [4.69, 9.17) is 0 Å². The normalized spacial score (nSPS) is 18.1. The first-order valence-electron chi connectivity index (χ1n) is 6.56. The Morgan fingerprint density at radius 1 is 1.45 bits per heavy atom. The van der Waals surface area contributed by atoms with Crippen molar-refractivity contribution < 1.29 is 8.42 Å². The minimum atomic E-state index is -3.53. The smallest absolute Gasteiger partial charge is 0.302 e. The van der Waals surface area contributed by atoms with Crippen LogP contribution >= 0.6 is 15.9 Å². The molecule has 2 N–H and O–H groups in total. The molecule has 2 heterocycles. The molecule has 8 heteroatoms. The molecule has 0 atom stereocenters. The van der Waals surface area contributed by atoms with Crippen LogP contribution in [0.5, 0.6) is 0 Å². The van der Waals surface area contributed by atoms with Crippen LogP contribution in [0.15, 0.2) is 22.8 Å². The number of piperidine rings is 1. The molecule has 1 aliphatic heterocycles. The van der Waals surface area contributed by atoms with Gasteiger partial charge in [0.05, 0.1) is 4.47 Å². The van der Waals surface area contributed by atoms with Crippen LogP contribution in [0.3, 0.4) is 0 Å². The fourth-order valence-corrected chi connectivity index (χ4v) is 4.00. The van der Waals surface area contributed by atoms with E-state index in [9.17, 15) is 8.42 Å². The molecule has 1 saturated heterocycles. The van der Waals surface area contributed by atoms with Crippen LogP contribution in [0, 0.1) is 5.92 Å². The zero-order valence-corrected chi connectivity index (χ0v) is 13.7. The Labute approximate surface area is 128 Å². The predicted octanol–water partition coefficient (Wildman–Crippen LogP) is 1.43. The zero-order chi connectivity index (χ0) is 14.6. The van der Waals surface area contributed by atoms with Gasteiger partial charge in [0.15, 0.2) is 5.82 Å². The van der Waals surface area contributed by atoms with Crippen LogP contribution < -0.4 is 10.0 Å². The minimum absolute atomic E-state index is 0.324. The number of anilines is 1. The highest BCUT2D eigenvalue weighted by molar-refractivity contribution is 9.10. The molecule has 0 radical (unpaired) electrons. The van der Waals surface area contributed by atoms with Crippen LogP contribution in [-0.2, 0) is 10.2 Å². The molecule has 1 fully saturated rings. The van der Waals surface area contributed by atoms with Crippen molar-refractivity contribution in [3.63, 3.8) is 0 Å². The van der Waals surface area contributed by atoms with Crippen LogP contribution in [-0.4, -0.2) is 44.4 Å². The Hall–Kier alpha value is -0.700. The summed E-state index contributed by atoms with van der Waals surface area (Å²) in [5, 5.41) is 3.14. The van der Waals surface area contributed by atoms with Crippen molar-refractivity contribution in [3.8, 4) is 0 Å². The molecule has 1 aromatic rings. The highest BCUT2D eigenvalue weighted by Crippen LogP contribution is 2.23. The monoisotopic (exact) mass is 362 g/mol. The van der Waals surface area contributed by atoms with E-state index in [1.54, 1.807) is 18.3 Å². The third-order valence-corrected chi connectivity index (χ3v) is 5.53.